The fourth-order valence-electron chi connectivity index (χ4n) is 3.79. The van der Waals surface area contributed by atoms with Gasteiger partial charge in [0, 0.05) is 28.8 Å². The second-order valence-corrected chi connectivity index (χ2v) is 10.3. The van der Waals surface area contributed by atoms with Gasteiger partial charge in [-0.05, 0) is 43.9 Å². The third-order valence-electron chi connectivity index (χ3n) is 5.65. The zero-order valence-corrected chi connectivity index (χ0v) is 19.1. The van der Waals surface area contributed by atoms with Gasteiger partial charge in [0.1, 0.15) is 11.4 Å². The number of rotatable bonds is 9. The van der Waals surface area contributed by atoms with E-state index in [1.807, 2.05) is 6.92 Å². The van der Waals surface area contributed by atoms with Crippen LogP contribution in [0.5, 0.6) is 5.75 Å². The summed E-state index contributed by atoms with van der Waals surface area (Å²) in [6.45, 7) is 10.6. The molecule has 0 spiro atoms. The summed E-state index contributed by atoms with van der Waals surface area (Å²) in [5.74, 6) is 1.25. The Bertz CT molecular complexity index is 760. The highest BCUT2D eigenvalue weighted by atomic mass is 32.2. The van der Waals surface area contributed by atoms with Gasteiger partial charge < -0.3 is 14.5 Å². The van der Waals surface area contributed by atoms with Crippen molar-refractivity contribution in [2.45, 2.75) is 77.4 Å². The van der Waals surface area contributed by atoms with Crippen molar-refractivity contribution in [1.29, 1.82) is 0 Å². The first-order chi connectivity index (χ1) is 13.7. The smallest absolute Gasteiger partial charge is 0.321 e. The molecule has 1 fully saturated rings. The van der Waals surface area contributed by atoms with Crippen LogP contribution in [0.2, 0.25) is 0 Å². The topological polar surface area (TPSA) is 85.5 Å². The Balaban J connectivity index is 1.97. The van der Waals surface area contributed by atoms with Crippen LogP contribution < -0.4 is 10.2 Å². The van der Waals surface area contributed by atoms with Crippen LogP contribution in [0.15, 0.2) is 17.1 Å². The molecule has 7 heteroatoms. The Hall–Kier alpha value is -1.63. The van der Waals surface area contributed by atoms with Crippen LogP contribution in [0, 0.1) is 17.8 Å². The van der Waals surface area contributed by atoms with E-state index in [2.05, 4.69) is 25.8 Å². The molecule has 1 heterocycles. The molecule has 5 unspecified atom stereocenters. The number of pyridine rings is 1. The van der Waals surface area contributed by atoms with Gasteiger partial charge in [-0.25, -0.2) is 0 Å². The fraction of sp³-hybridized carbons (Fsp3) is 0.727. The summed E-state index contributed by atoms with van der Waals surface area (Å²) in [4.78, 5) is 27.7. The average molecular weight is 426 g/mol. The van der Waals surface area contributed by atoms with E-state index >= 15 is 0 Å². The molecule has 0 aromatic carbocycles. The molecule has 29 heavy (non-hydrogen) atoms. The molecule has 0 amide bonds. The first-order valence-electron chi connectivity index (χ1n) is 10.6. The highest BCUT2D eigenvalue weighted by Crippen LogP contribution is 2.35. The van der Waals surface area contributed by atoms with Gasteiger partial charge >= 0.3 is 5.97 Å². The van der Waals surface area contributed by atoms with E-state index in [9.17, 15) is 13.8 Å². The SMILES string of the molecule is CCCOc1c[nH]c(CS(=O)C(C)C(=O)OC2CC(C)CCC2C(C)C)cc1=O. The number of carbonyl (C=O) groups is 1. The predicted octanol–water partition coefficient (Wildman–Crippen LogP) is 3.80. The van der Waals surface area contributed by atoms with E-state index in [1.54, 1.807) is 6.92 Å². The van der Waals surface area contributed by atoms with E-state index in [1.165, 1.54) is 12.3 Å². The van der Waals surface area contributed by atoms with E-state index < -0.39 is 22.0 Å². The zero-order chi connectivity index (χ0) is 21.6. The lowest BCUT2D eigenvalue weighted by molar-refractivity contribution is -0.154. The number of H-pyrrole nitrogens is 1. The van der Waals surface area contributed by atoms with Crippen molar-refractivity contribution in [2.75, 3.05) is 6.61 Å². The van der Waals surface area contributed by atoms with Crippen molar-refractivity contribution in [1.82, 2.24) is 4.98 Å². The zero-order valence-electron chi connectivity index (χ0n) is 18.2. The first kappa shape index (κ1) is 23.6. The number of carbonyl (C=O) groups excluding carboxylic acids is 1. The van der Waals surface area contributed by atoms with Crippen molar-refractivity contribution >= 4 is 16.8 Å². The number of hydrogen-bond donors (Lipinski definition) is 1. The molecule has 1 aliphatic carbocycles. The van der Waals surface area contributed by atoms with Crippen LogP contribution in [0.4, 0.5) is 0 Å². The van der Waals surface area contributed by atoms with Gasteiger partial charge in [-0.3, -0.25) is 13.8 Å². The molecule has 0 bridgehead atoms. The van der Waals surface area contributed by atoms with Crippen molar-refractivity contribution in [3.05, 3.63) is 28.2 Å². The Morgan fingerprint density at radius 1 is 1.31 bits per heavy atom. The highest BCUT2D eigenvalue weighted by molar-refractivity contribution is 7.85. The molecular formula is C22H35NO5S. The lowest BCUT2D eigenvalue weighted by Gasteiger charge is -2.37. The van der Waals surface area contributed by atoms with Gasteiger partial charge in [0.05, 0.1) is 12.4 Å². The van der Waals surface area contributed by atoms with E-state index in [4.69, 9.17) is 9.47 Å². The standard InChI is InChI=1S/C22H35NO5S/c1-6-9-27-21-12-23-17(11-19(21)24)13-29(26)16(5)22(25)28-20-10-15(4)7-8-18(20)14(2)3/h11-12,14-16,18,20H,6-10,13H2,1-5H3,(H,23,24). The molecule has 1 aromatic rings. The maximum Gasteiger partial charge on any atom is 0.321 e. The Kier molecular flexibility index (Phi) is 8.93. The first-order valence-corrected chi connectivity index (χ1v) is 12.0. The number of esters is 1. The van der Waals surface area contributed by atoms with E-state index in [-0.39, 0.29) is 23.0 Å². The lowest BCUT2D eigenvalue weighted by atomic mass is 9.75. The van der Waals surface area contributed by atoms with Crippen molar-refractivity contribution < 1.29 is 18.5 Å². The van der Waals surface area contributed by atoms with Crippen LogP contribution in [-0.4, -0.2) is 33.1 Å². The number of hydrogen-bond acceptors (Lipinski definition) is 5. The molecule has 6 nitrogen and oxygen atoms in total. The van der Waals surface area contributed by atoms with Gasteiger partial charge in [0.2, 0.25) is 5.43 Å². The normalized spacial score (nSPS) is 24.1. The second kappa shape index (κ2) is 11.0. The van der Waals surface area contributed by atoms with Crippen molar-refractivity contribution in [2.24, 2.45) is 17.8 Å². The number of aromatic nitrogens is 1. The molecule has 5 atom stereocenters. The Labute approximate surface area is 176 Å². The van der Waals surface area contributed by atoms with Crippen molar-refractivity contribution in [3.63, 3.8) is 0 Å². The minimum absolute atomic E-state index is 0.0915. The van der Waals surface area contributed by atoms with Crippen LogP contribution in [0.25, 0.3) is 0 Å². The quantitative estimate of drug-likeness (QED) is 0.608. The number of ether oxygens (including phenoxy) is 2. The average Bonchev–Trinajstić information content (AvgIpc) is 2.66. The lowest BCUT2D eigenvalue weighted by Crippen LogP contribution is -2.39. The summed E-state index contributed by atoms with van der Waals surface area (Å²) < 4.78 is 23.9. The van der Waals surface area contributed by atoms with Crippen molar-refractivity contribution in [3.8, 4) is 5.75 Å². The second-order valence-electron chi connectivity index (χ2n) is 8.50. The van der Waals surface area contributed by atoms with Crippen LogP contribution in [0.1, 0.15) is 66.0 Å². The summed E-state index contributed by atoms with van der Waals surface area (Å²) >= 11 is 0. The fourth-order valence-corrected chi connectivity index (χ4v) is 4.78. The summed E-state index contributed by atoms with van der Waals surface area (Å²) in [5, 5.41) is -0.750. The molecule has 2 rings (SSSR count). The molecular weight excluding hydrogens is 390 g/mol. The Morgan fingerprint density at radius 3 is 2.66 bits per heavy atom. The maximum absolute atomic E-state index is 12.7. The molecule has 1 aliphatic rings. The largest absolute Gasteiger partial charge is 0.488 e. The van der Waals surface area contributed by atoms with E-state index in [0.29, 0.717) is 30.1 Å². The monoisotopic (exact) mass is 425 g/mol. The summed E-state index contributed by atoms with van der Waals surface area (Å²) in [6, 6.07) is 1.39. The molecule has 0 saturated heterocycles. The van der Waals surface area contributed by atoms with Crippen LogP contribution >= 0.6 is 0 Å². The molecule has 1 saturated carbocycles. The van der Waals surface area contributed by atoms with Gasteiger partial charge in [-0.2, -0.15) is 0 Å². The van der Waals surface area contributed by atoms with Gasteiger partial charge in [-0.15, -0.1) is 0 Å². The van der Waals surface area contributed by atoms with Crippen LogP contribution in [0.3, 0.4) is 0 Å². The predicted molar refractivity (Wildman–Crippen MR) is 115 cm³/mol. The maximum atomic E-state index is 12.7. The third-order valence-corrected chi connectivity index (χ3v) is 7.23. The minimum Gasteiger partial charge on any atom is -0.488 e. The minimum atomic E-state index is -1.49. The van der Waals surface area contributed by atoms with Crippen LogP contribution in [-0.2, 0) is 26.1 Å². The Morgan fingerprint density at radius 2 is 2.03 bits per heavy atom. The third kappa shape index (κ3) is 6.69. The molecule has 1 aromatic heterocycles. The highest BCUT2D eigenvalue weighted by Gasteiger charge is 2.35. The summed E-state index contributed by atoms with van der Waals surface area (Å²) in [5.41, 5.74) is 0.263. The molecule has 164 valence electrons. The summed E-state index contributed by atoms with van der Waals surface area (Å²) in [7, 11) is -1.49. The van der Waals surface area contributed by atoms with E-state index in [0.717, 1.165) is 25.7 Å². The summed E-state index contributed by atoms with van der Waals surface area (Å²) in [6.07, 6.45) is 5.26. The molecule has 0 aliphatic heterocycles. The molecule has 1 N–H and O–H groups in total. The van der Waals surface area contributed by atoms with Gasteiger partial charge in [-0.1, -0.05) is 34.1 Å². The van der Waals surface area contributed by atoms with Gasteiger partial charge in [0.15, 0.2) is 5.75 Å². The number of nitrogens with one attached hydrogen (secondary N) is 1. The number of aromatic amines is 1. The molecule has 0 radical (unpaired) electrons. The van der Waals surface area contributed by atoms with Gasteiger partial charge in [0.25, 0.3) is 0 Å².